The molecule has 40 heavy (non-hydrogen) atoms. The SMILES string of the molecule is NC(CCC(=O)O)C(=O)NC(Cc1c[nH]c2ccccc12)C(=O)NC(CO)C(=O)NC(Cc1cnc[nH]1)C(=O)O. The largest absolute Gasteiger partial charge is 0.481 e. The van der Waals surface area contributed by atoms with E-state index in [9.17, 15) is 34.2 Å². The lowest BCUT2D eigenvalue weighted by molar-refractivity contribution is -0.142. The molecule has 0 aliphatic heterocycles. The number of fused-ring (bicyclic) bond motifs is 1. The number of amides is 3. The molecule has 0 bridgehead atoms. The molecule has 0 fully saturated rings. The number of carbonyl (C=O) groups excluding carboxylic acids is 3. The molecule has 4 unspecified atom stereocenters. The van der Waals surface area contributed by atoms with E-state index in [-0.39, 0.29) is 25.7 Å². The highest BCUT2D eigenvalue weighted by Crippen LogP contribution is 2.19. The molecule has 0 aliphatic carbocycles. The molecule has 4 atom stereocenters. The van der Waals surface area contributed by atoms with Crippen molar-refractivity contribution in [2.24, 2.45) is 5.73 Å². The zero-order chi connectivity index (χ0) is 29.2. The summed E-state index contributed by atoms with van der Waals surface area (Å²) >= 11 is 0. The lowest BCUT2D eigenvalue weighted by Crippen LogP contribution is -2.58. The van der Waals surface area contributed by atoms with Crippen molar-refractivity contribution in [1.82, 2.24) is 30.9 Å². The first-order valence-corrected chi connectivity index (χ1v) is 12.3. The van der Waals surface area contributed by atoms with Gasteiger partial charge in [0.25, 0.3) is 0 Å². The molecule has 2 heterocycles. The quantitative estimate of drug-likeness (QED) is 0.103. The van der Waals surface area contributed by atoms with Crippen molar-refractivity contribution >= 4 is 40.6 Å². The fourth-order valence-electron chi connectivity index (χ4n) is 3.97. The minimum absolute atomic E-state index is 0.0371. The predicted octanol–water partition coefficient (Wildman–Crippen LogP) is -1.60. The number of aliphatic hydroxyl groups excluding tert-OH is 1. The fraction of sp³-hybridized carbons (Fsp3) is 0.360. The van der Waals surface area contributed by atoms with Gasteiger partial charge in [-0.1, -0.05) is 18.2 Å². The zero-order valence-corrected chi connectivity index (χ0v) is 21.3. The summed E-state index contributed by atoms with van der Waals surface area (Å²) in [5, 5.41) is 36.1. The topological polar surface area (TPSA) is 253 Å². The number of rotatable bonds is 15. The summed E-state index contributed by atoms with van der Waals surface area (Å²) in [6.07, 6.45) is 3.71. The first-order valence-electron chi connectivity index (χ1n) is 12.3. The molecule has 0 spiro atoms. The Labute approximate surface area is 227 Å². The number of aliphatic carboxylic acids is 2. The molecular weight excluding hydrogens is 526 g/mol. The monoisotopic (exact) mass is 557 g/mol. The number of para-hydroxylation sites is 1. The molecule has 15 nitrogen and oxygen atoms in total. The van der Waals surface area contributed by atoms with Crippen LogP contribution in [0.15, 0.2) is 43.0 Å². The summed E-state index contributed by atoms with van der Waals surface area (Å²) in [5.41, 5.74) is 7.70. The molecule has 2 aromatic heterocycles. The van der Waals surface area contributed by atoms with E-state index in [1.807, 2.05) is 18.2 Å². The third kappa shape index (κ3) is 8.12. The zero-order valence-electron chi connectivity index (χ0n) is 21.3. The number of hydrogen-bond donors (Lipinski definition) is 9. The van der Waals surface area contributed by atoms with Gasteiger partial charge in [-0.25, -0.2) is 9.78 Å². The minimum Gasteiger partial charge on any atom is -0.481 e. The third-order valence-corrected chi connectivity index (χ3v) is 6.15. The van der Waals surface area contributed by atoms with Crippen molar-refractivity contribution in [3.63, 3.8) is 0 Å². The molecule has 0 radical (unpaired) electrons. The number of nitrogens with two attached hydrogens (primary N) is 1. The molecule has 1 aromatic carbocycles. The van der Waals surface area contributed by atoms with Crippen molar-refractivity contribution < 1.29 is 39.3 Å². The maximum absolute atomic E-state index is 13.3. The summed E-state index contributed by atoms with van der Waals surface area (Å²) in [4.78, 5) is 70.9. The van der Waals surface area contributed by atoms with Crippen LogP contribution in [0.1, 0.15) is 24.1 Å². The normalized spacial score (nSPS) is 14.1. The molecule has 15 heteroatoms. The Morgan fingerprint density at radius 2 is 1.57 bits per heavy atom. The van der Waals surface area contributed by atoms with Gasteiger partial charge in [-0.2, -0.15) is 0 Å². The van der Waals surface area contributed by atoms with E-state index in [1.165, 1.54) is 12.5 Å². The van der Waals surface area contributed by atoms with Crippen molar-refractivity contribution in [1.29, 1.82) is 0 Å². The van der Waals surface area contributed by atoms with Crippen LogP contribution in [0.2, 0.25) is 0 Å². The second-order valence-corrected chi connectivity index (χ2v) is 9.09. The number of carboxylic acid groups (broad SMARTS) is 2. The molecule has 3 aromatic rings. The highest BCUT2D eigenvalue weighted by atomic mass is 16.4. The maximum atomic E-state index is 13.3. The first kappa shape index (κ1) is 29.8. The van der Waals surface area contributed by atoms with Crippen LogP contribution in [-0.2, 0) is 36.8 Å². The van der Waals surface area contributed by atoms with Crippen LogP contribution in [0, 0.1) is 0 Å². The van der Waals surface area contributed by atoms with E-state index in [0.29, 0.717) is 11.3 Å². The Bertz CT molecular complexity index is 1340. The van der Waals surface area contributed by atoms with Crippen molar-refractivity contribution in [3.8, 4) is 0 Å². The molecule has 10 N–H and O–H groups in total. The van der Waals surface area contributed by atoms with Gasteiger partial charge in [0.15, 0.2) is 0 Å². The Hall–Kier alpha value is -4.76. The van der Waals surface area contributed by atoms with Gasteiger partial charge in [-0.3, -0.25) is 19.2 Å². The number of aromatic amines is 2. The third-order valence-electron chi connectivity index (χ3n) is 6.15. The van der Waals surface area contributed by atoms with Crippen LogP contribution in [-0.4, -0.2) is 90.7 Å². The van der Waals surface area contributed by atoms with Crippen LogP contribution < -0.4 is 21.7 Å². The van der Waals surface area contributed by atoms with Crippen LogP contribution in [0.25, 0.3) is 10.9 Å². The maximum Gasteiger partial charge on any atom is 0.326 e. The lowest BCUT2D eigenvalue weighted by Gasteiger charge is -2.24. The molecule has 214 valence electrons. The van der Waals surface area contributed by atoms with Crippen LogP contribution in [0.4, 0.5) is 0 Å². The number of aliphatic hydroxyl groups is 1. The molecular formula is C25H31N7O8. The number of benzene rings is 1. The van der Waals surface area contributed by atoms with E-state index < -0.39 is 60.4 Å². The number of nitrogens with zero attached hydrogens (tertiary/aromatic N) is 1. The van der Waals surface area contributed by atoms with Crippen molar-refractivity contribution in [2.45, 2.75) is 49.9 Å². The average molecular weight is 558 g/mol. The smallest absolute Gasteiger partial charge is 0.326 e. The van der Waals surface area contributed by atoms with Gasteiger partial charge in [-0.15, -0.1) is 0 Å². The lowest BCUT2D eigenvalue weighted by atomic mass is 10.0. The highest BCUT2D eigenvalue weighted by Gasteiger charge is 2.31. The van der Waals surface area contributed by atoms with E-state index in [0.717, 1.165) is 10.9 Å². The Kier molecular flexibility index (Phi) is 10.3. The standard InChI is InChI=1S/C25H31N7O8/c26-16(5-6-21(34)35)22(36)30-18(7-13-9-28-17-4-2-1-3-15(13)17)23(37)32-20(11-33)24(38)31-19(25(39)40)8-14-10-27-12-29-14/h1-4,9-10,12,16,18-20,28,33H,5-8,11,26H2,(H,27,29)(H,30,36)(H,31,38)(H,32,37)(H,34,35)(H,39,40). The molecule has 0 aliphatic rings. The Morgan fingerprint density at radius 1 is 0.900 bits per heavy atom. The van der Waals surface area contributed by atoms with Gasteiger partial charge in [-0.05, 0) is 18.1 Å². The summed E-state index contributed by atoms with van der Waals surface area (Å²) in [6.45, 7) is -0.861. The Balaban J connectivity index is 1.75. The number of imidazole rings is 1. The van der Waals surface area contributed by atoms with Crippen molar-refractivity contribution in [3.05, 3.63) is 54.2 Å². The van der Waals surface area contributed by atoms with E-state index in [1.54, 1.807) is 12.3 Å². The number of nitrogens with one attached hydrogen (secondary N) is 5. The number of carboxylic acids is 2. The highest BCUT2D eigenvalue weighted by molar-refractivity contribution is 5.95. The number of carbonyl (C=O) groups is 5. The summed E-state index contributed by atoms with van der Waals surface area (Å²) in [5.74, 6) is -5.07. The second kappa shape index (κ2) is 13.9. The Morgan fingerprint density at radius 3 is 2.23 bits per heavy atom. The number of hydrogen-bond acceptors (Lipinski definition) is 8. The second-order valence-electron chi connectivity index (χ2n) is 9.09. The average Bonchev–Trinajstić information content (AvgIpc) is 3.59. The van der Waals surface area contributed by atoms with Gasteiger partial charge in [0, 0.05) is 48.3 Å². The van der Waals surface area contributed by atoms with Gasteiger partial charge >= 0.3 is 11.9 Å². The van der Waals surface area contributed by atoms with Crippen LogP contribution in [0.5, 0.6) is 0 Å². The van der Waals surface area contributed by atoms with Gasteiger partial charge in [0.2, 0.25) is 17.7 Å². The van der Waals surface area contributed by atoms with E-state index in [4.69, 9.17) is 10.8 Å². The molecule has 0 saturated carbocycles. The van der Waals surface area contributed by atoms with Crippen molar-refractivity contribution in [2.75, 3.05) is 6.61 Å². The fourth-order valence-corrected chi connectivity index (χ4v) is 3.97. The van der Waals surface area contributed by atoms with Crippen LogP contribution in [0.3, 0.4) is 0 Å². The molecule has 0 saturated heterocycles. The van der Waals surface area contributed by atoms with Crippen LogP contribution >= 0.6 is 0 Å². The van der Waals surface area contributed by atoms with Gasteiger partial charge in [0.1, 0.15) is 18.1 Å². The van der Waals surface area contributed by atoms with E-state index >= 15 is 0 Å². The molecule has 3 amide bonds. The number of H-pyrrole nitrogens is 2. The summed E-state index contributed by atoms with van der Waals surface area (Å²) in [6, 6.07) is 1.83. The minimum atomic E-state index is -1.54. The van der Waals surface area contributed by atoms with Gasteiger partial charge < -0.3 is 47.0 Å². The van der Waals surface area contributed by atoms with Gasteiger partial charge in [0.05, 0.1) is 19.0 Å². The number of aromatic nitrogens is 3. The summed E-state index contributed by atoms with van der Waals surface area (Å²) < 4.78 is 0. The predicted molar refractivity (Wildman–Crippen MR) is 140 cm³/mol. The molecule has 3 rings (SSSR count). The van der Waals surface area contributed by atoms with E-state index in [2.05, 4.69) is 30.9 Å². The first-order chi connectivity index (χ1) is 19.1. The summed E-state index contributed by atoms with van der Waals surface area (Å²) in [7, 11) is 0.